The number of hydrogen-bond acceptors (Lipinski definition) is 3. The molecule has 2 aromatic rings. The topological polar surface area (TPSA) is 19.4 Å². The minimum absolute atomic E-state index is 0.566. The number of halogens is 1. The lowest BCUT2D eigenvalue weighted by molar-refractivity contribution is 0.646. The summed E-state index contributed by atoms with van der Waals surface area (Å²) in [7, 11) is 0. The lowest BCUT2D eigenvalue weighted by Gasteiger charge is -2.37. The van der Waals surface area contributed by atoms with Crippen LogP contribution in [0.5, 0.6) is 0 Å². The molecule has 0 amide bonds. The quantitative estimate of drug-likeness (QED) is 0.809. The number of piperazine rings is 1. The Labute approximate surface area is 124 Å². The molecule has 0 bridgehead atoms. The number of pyridine rings is 1. The first kappa shape index (κ1) is 13.3. The Morgan fingerprint density at radius 2 is 1.60 bits per heavy atom. The van der Waals surface area contributed by atoms with E-state index in [4.69, 9.17) is 11.6 Å². The predicted octanol–water partition coefficient (Wildman–Crippen LogP) is 3.15. The van der Waals surface area contributed by atoms with E-state index in [0.717, 1.165) is 32.0 Å². The smallest absolute Gasteiger partial charge is 0.128 e. The molecule has 1 aliphatic rings. The van der Waals surface area contributed by atoms with E-state index in [2.05, 4.69) is 39.0 Å². The summed E-state index contributed by atoms with van der Waals surface area (Å²) < 4.78 is 0. The molecule has 0 spiro atoms. The van der Waals surface area contributed by atoms with Crippen LogP contribution in [0.25, 0.3) is 0 Å². The van der Waals surface area contributed by atoms with E-state index in [1.165, 1.54) is 11.3 Å². The van der Waals surface area contributed by atoms with Crippen LogP contribution in [0.1, 0.15) is 5.56 Å². The van der Waals surface area contributed by atoms with Crippen molar-refractivity contribution in [1.82, 2.24) is 4.98 Å². The maximum atomic E-state index is 6.03. The fraction of sp³-hybridized carbons (Fsp3) is 0.312. The van der Waals surface area contributed by atoms with Gasteiger partial charge >= 0.3 is 0 Å². The molecule has 0 saturated carbocycles. The molecule has 0 N–H and O–H groups in total. The SMILES string of the molecule is ClCc1ccccc1N1CCN(c2ccccn2)CC1. The van der Waals surface area contributed by atoms with Crippen molar-refractivity contribution in [2.45, 2.75) is 5.88 Å². The summed E-state index contributed by atoms with van der Waals surface area (Å²) in [4.78, 5) is 9.17. The van der Waals surface area contributed by atoms with Crippen molar-refractivity contribution in [3.8, 4) is 0 Å². The van der Waals surface area contributed by atoms with Crippen molar-refractivity contribution >= 4 is 23.1 Å². The van der Waals surface area contributed by atoms with E-state index in [1.54, 1.807) is 0 Å². The number of hydrogen-bond donors (Lipinski definition) is 0. The zero-order chi connectivity index (χ0) is 13.8. The summed E-state index contributed by atoms with van der Waals surface area (Å²) in [5.74, 6) is 1.63. The second kappa shape index (κ2) is 6.14. The van der Waals surface area contributed by atoms with Crippen LogP contribution in [0, 0.1) is 0 Å². The van der Waals surface area contributed by atoms with Crippen LogP contribution in [-0.2, 0) is 5.88 Å². The number of benzene rings is 1. The summed E-state index contributed by atoms with van der Waals surface area (Å²) in [5, 5.41) is 0. The minimum Gasteiger partial charge on any atom is -0.368 e. The Kier molecular flexibility index (Phi) is 4.07. The molecule has 2 heterocycles. The lowest BCUT2D eigenvalue weighted by atomic mass is 10.1. The number of aromatic nitrogens is 1. The molecule has 1 fully saturated rings. The summed E-state index contributed by atoms with van der Waals surface area (Å²) >= 11 is 6.03. The van der Waals surface area contributed by atoms with Gasteiger partial charge in [-0.25, -0.2) is 4.98 Å². The molecular formula is C16H18ClN3. The van der Waals surface area contributed by atoms with E-state index < -0.39 is 0 Å². The average molecular weight is 288 g/mol. The molecule has 3 nitrogen and oxygen atoms in total. The summed E-state index contributed by atoms with van der Waals surface area (Å²) in [6.45, 7) is 4.00. The standard InChI is InChI=1S/C16H18ClN3/c17-13-14-5-1-2-6-15(14)19-9-11-20(12-10-19)16-7-3-4-8-18-16/h1-8H,9-13H2. The van der Waals surface area contributed by atoms with Crippen molar-refractivity contribution in [3.63, 3.8) is 0 Å². The van der Waals surface area contributed by atoms with E-state index in [-0.39, 0.29) is 0 Å². The van der Waals surface area contributed by atoms with E-state index in [1.807, 2.05) is 24.4 Å². The van der Waals surface area contributed by atoms with Crippen LogP contribution >= 0.6 is 11.6 Å². The maximum absolute atomic E-state index is 6.03. The van der Waals surface area contributed by atoms with Crippen LogP contribution in [-0.4, -0.2) is 31.2 Å². The van der Waals surface area contributed by atoms with Gasteiger partial charge in [0.2, 0.25) is 0 Å². The normalized spacial score (nSPS) is 15.4. The van der Waals surface area contributed by atoms with Gasteiger partial charge in [-0.05, 0) is 23.8 Å². The van der Waals surface area contributed by atoms with E-state index in [0.29, 0.717) is 5.88 Å². The maximum Gasteiger partial charge on any atom is 0.128 e. The second-order valence-electron chi connectivity index (χ2n) is 4.92. The Hall–Kier alpha value is -1.74. The monoisotopic (exact) mass is 287 g/mol. The Morgan fingerprint density at radius 1 is 0.900 bits per heavy atom. The molecule has 20 heavy (non-hydrogen) atoms. The van der Waals surface area contributed by atoms with Crippen LogP contribution in [0.3, 0.4) is 0 Å². The van der Waals surface area contributed by atoms with Gasteiger partial charge in [-0.1, -0.05) is 24.3 Å². The molecule has 1 aromatic heterocycles. The first-order valence-corrected chi connectivity index (χ1v) is 7.47. The highest BCUT2D eigenvalue weighted by atomic mass is 35.5. The molecular weight excluding hydrogens is 270 g/mol. The van der Waals surface area contributed by atoms with Crippen LogP contribution in [0.2, 0.25) is 0 Å². The number of rotatable bonds is 3. The highest BCUT2D eigenvalue weighted by Gasteiger charge is 2.19. The Balaban J connectivity index is 1.70. The largest absolute Gasteiger partial charge is 0.368 e. The second-order valence-corrected chi connectivity index (χ2v) is 5.19. The van der Waals surface area contributed by atoms with Crippen molar-refractivity contribution in [1.29, 1.82) is 0 Å². The van der Waals surface area contributed by atoms with Gasteiger partial charge in [-0.15, -0.1) is 11.6 Å². The molecule has 0 radical (unpaired) electrons. The summed E-state index contributed by atoms with van der Waals surface area (Å²) in [6, 6.07) is 14.5. The van der Waals surface area contributed by atoms with Gasteiger partial charge in [0.1, 0.15) is 5.82 Å². The van der Waals surface area contributed by atoms with Gasteiger partial charge in [0.25, 0.3) is 0 Å². The number of anilines is 2. The Bertz CT molecular complexity index is 551. The first-order chi connectivity index (χ1) is 9.88. The van der Waals surface area contributed by atoms with Gasteiger partial charge in [0.05, 0.1) is 0 Å². The van der Waals surface area contributed by atoms with Crippen molar-refractivity contribution in [3.05, 3.63) is 54.2 Å². The molecule has 104 valence electrons. The molecule has 3 rings (SSSR count). The fourth-order valence-corrected chi connectivity index (χ4v) is 2.88. The zero-order valence-corrected chi connectivity index (χ0v) is 12.1. The molecule has 0 unspecified atom stereocenters. The lowest BCUT2D eigenvalue weighted by Crippen LogP contribution is -2.47. The first-order valence-electron chi connectivity index (χ1n) is 6.93. The summed E-state index contributed by atoms with van der Waals surface area (Å²) in [6.07, 6.45) is 1.85. The molecule has 1 aromatic carbocycles. The van der Waals surface area contributed by atoms with E-state index in [9.17, 15) is 0 Å². The van der Waals surface area contributed by atoms with Crippen molar-refractivity contribution in [2.24, 2.45) is 0 Å². The Morgan fingerprint density at radius 3 is 2.30 bits per heavy atom. The third-order valence-corrected chi connectivity index (χ3v) is 4.02. The average Bonchev–Trinajstić information content (AvgIpc) is 2.56. The fourth-order valence-electron chi connectivity index (χ4n) is 2.65. The molecule has 0 aliphatic carbocycles. The van der Waals surface area contributed by atoms with Crippen LogP contribution < -0.4 is 9.80 Å². The van der Waals surface area contributed by atoms with Gasteiger partial charge in [-0.2, -0.15) is 0 Å². The van der Waals surface area contributed by atoms with Crippen LogP contribution in [0.15, 0.2) is 48.7 Å². The van der Waals surface area contributed by atoms with Gasteiger partial charge < -0.3 is 9.80 Å². The minimum atomic E-state index is 0.566. The number of nitrogens with zero attached hydrogens (tertiary/aromatic N) is 3. The third kappa shape index (κ3) is 2.73. The third-order valence-electron chi connectivity index (χ3n) is 3.73. The molecule has 1 aliphatic heterocycles. The zero-order valence-electron chi connectivity index (χ0n) is 11.4. The van der Waals surface area contributed by atoms with Gasteiger partial charge in [-0.3, -0.25) is 0 Å². The number of alkyl halides is 1. The van der Waals surface area contributed by atoms with Crippen molar-refractivity contribution in [2.75, 3.05) is 36.0 Å². The molecule has 0 atom stereocenters. The van der Waals surface area contributed by atoms with Gasteiger partial charge in [0.15, 0.2) is 0 Å². The van der Waals surface area contributed by atoms with Crippen LogP contribution in [0.4, 0.5) is 11.5 Å². The predicted molar refractivity (Wildman–Crippen MR) is 84.7 cm³/mol. The number of para-hydroxylation sites is 1. The van der Waals surface area contributed by atoms with Gasteiger partial charge in [0, 0.05) is 43.9 Å². The van der Waals surface area contributed by atoms with E-state index >= 15 is 0 Å². The molecule has 1 saturated heterocycles. The summed E-state index contributed by atoms with van der Waals surface area (Å²) in [5.41, 5.74) is 2.48. The molecule has 4 heteroatoms. The highest BCUT2D eigenvalue weighted by molar-refractivity contribution is 6.17. The highest BCUT2D eigenvalue weighted by Crippen LogP contribution is 2.24. The van der Waals surface area contributed by atoms with Crippen molar-refractivity contribution < 1.29 is 0 Å².